The van der Waals surface area contributed by atoms with Gasteiger partial charge >= 0.3 is 0 Å². The molecule has 0 radical (unpaired) electrons. The zero-order valence-electron chi connectivity index (χ0n) is 21.1. The van der Waals surface area contributed by atoms with Crippen LogP contribution in [-0.4, -0.2) is 38.5 Å². The predicted octanol–water partition coefficient (Wildman–Crippen LogP) is 4.74. The van der Waals surface area contributed by atoms with Crippen LogP contribution in [0.15, 0.2) is 72.1 Å². The Morgan fingerprint density at radius 3 is 2.46 bits per heavy atom. The number of rotatable bonds is 6. The first-order valence-electron chi connectivity index (χ1n) is 11.8. The van der Waals surface area contributed by atoms with Crippen molar-refractivity contribution < 1.29 is 0 Å². The van der Waals surface area contributed by atoms with Crippen molar-refractivity contribution in [2.24, 2.45) is 16.6 Å². The fraction of sp³-hybridized carbons (Fsp3) is 0.370. The summed E-state index contributed by atoms with van der Waals surface area (Å²) in [5, 5.41) is 6.94. The molecule has 2 aromatic heterocycles. The molecule has 5 N–H and O–H groups in total. The first-order chi connectivity index (χ1) is 16.5. The lowest BCUT2D eigenvalue weighted by Crippen LogP contribution is -2.61. The van der Waals surface area contributed by atoms with E-state index in [2.05, 4.69) is 48.1 Å². The van der Waals surface area contributed by atoms with E-state index < -0.39 is 0 Å². The summed E-state index contributed by atoms with van der Waals surface area (Å²) in [6.45, 7) is 8.88. The first-order valence-corrected chi connectivity index (χ1v) is 11.8. The Labute approximate surface area is 206 Å². The van der Waals surface area contributed by atoms with E-state index >= 15 is 0 Å². The van der Waals surface area contributed by atoms with Crippen LogP contribution in [0, 0.1) is 4.91 Å². The molecule has 0 spiro atoms. The monoisotopic (exact) mass is 473 g/mol. The molecule has 0 bridgehead atoms. The minimum Gasteiger partial charge on any atom is -0.398 e. The topological polar surface area (TPSA) is 114 Å². The molecule has 184 valence electrons. The van der Waals surface area contributed by atoms with Gasteiger partial charge in [-0.1, -0.05) is 6.07 Å². The van der Waals surface area contributed by atoms with Gasteiger partial charge in [-0.25, -0.2) is 4.98 Å². The van der Waals surface area contributed by atoms with Crippen molar-refractivity contribution in [2.75, 3.05) is 7.05 Å². The number of pyridine rings is 1. The number of imidazole rings is 1. The number of nitroso groups, excluding NO2 is 1. The van der Waals surface area contributed by atoms with Gasteiger partial charge in [0, 0.05) is 54.0 Å². The van der Waals surface area contributed by atoms with Crippen molar-refractivity contribution >= 4 is 17.0 Å². The molecule has 1 aliphatic rings. The number of hydrogen-bond acceptors (Lipinski definition) is 7. The van der Waals surface area contributed by atoms with Gasteiger partial charge in [-0.2, -0.15) is 0 Å². The standard InChI is InChI=1S/C27H35N7O/c1-26(2)16-20(17-27(3,4)32-26)33(5)24(29)9-8-22(28)21-7-6-18(14-23(21)31-35)19-10-12-34-13-11-30-25(34)15-19/h6-15,20,32H,16-17,28-29H2,1-5H3/b22-8-,24-9+. The second kappa shape index (κ2) is 9.19. The molecular formula is C27H35N7O. The molecule has 3 aromatic rings. The smallest absolute Gasteiger partial charge is 0.137 e. The SMILES string of the molecule is CN(/C(N)=C/C=C(\N)c1ccc(-c2ccn3ccnc3c2)cc1N=O)C1CC(C)(C)NC(C)(C)C1. The first kappa shape index (κ1) is 24.5. The van der Waals surface area contributed by atoms with Crippen molar-refractivity contribution in [1.29, 1.82) is 0 Å². The van der Waals surface area contributed by atoms with E-state index in [0.29, 0.717) is 23.1 Å². The van der Waals surface area contributed by atoms with Crippen LogP contribution in [0.2, 0.25) is 0 Å². The number of hydrogen-bond donors (Lipinski definition) is 3. The summed E-state index contributed by atoms with van der Waals surface area (Å²) in [4.78, 5) is 18.1. The maximum Gasteiger partial charge on any atom is 0.137 e. The molecule has 1 saturated heterocycles. The van der Waals surface area contributed by atoms with Crippen LogP contribution in [0.4, 0.5) is 5.69 Å². The molecule has 0 aliphatic carbocycles. The molecule has 8 nitrogen and oxygen atoms in total. The van der Waals surface area contributed by atoms with Gasteiger partial charge in [0.2, 0.25) is 0 Å². The maximum atomic E-state index is 11.7. The molecule has 0 unspecified atom stereocenters. The van der Waals surface area contributed by atoms with Gasteiger partial charge in [0.1, 0.15) is 11.3 Å². The van der Waals surface area contributed by atoms with Crippen LogP contribution in [0.1, 0.15) is 46.1 Å². The van der Waals surface area contributed by atoms with Crippen molar-refractivity contribution in [3.63, 3.8) is 0 Å². The molecule has 1 aliphatic heterocycles. The normalized spacial score (nSPS) is 18.5. The van der Waals surface area contributed by atoms with Gasteiger partial charge in [-0.15, -0.1) is 4.91 Å². The number of nitrogens with one attached hydrogen (secondary N) is 1. The van der Waals surface area contributed by atoms with E-state index in [1.807, 2.05) is 48.1 Å². The summed E-state index contributed by atoms with van der Waals surface area (Å²) in [6.07, 6.45) is 11.1. The summed E-state index contributed by atoms with van der Waals surface area (Å²) in [6, 6.07) is 9.73. The number of benzene rings is 1. The number of nitrogens with two attached hydrogens (primary N) is 2. The zero-order chi connectivity index (χ0) is 25.4. The van der Waals surface area contributed by atoms with Gasteiger partial charge in [0.25, 0.3) is 0 Å². The lowest BCUT2D eigenvalue weighted by Gasteiger charge is -2.49. The molecule has 35 heavy (non-hydrogen) atoms. The third kappa shape index (κ3) is 5.38. The Morgan fingerprint density at radius 1 is 1.09 bits per heavy atom. The van der Waals surface area contributed by atoms with Gasteiger partial charge in [0.05, 0.1) is 5.82 Å². The second-order valence-corrected chi connectivity index (χ2v) is 10.7. The number of fused-ring (bicyclic) bond motifs is 1. The van der Waals surface area contributed by atoms with Crippen LogP contribution in [-0.2, 0) is 0 Å². The van der Waals surface area contributed by atoms with Gasteiger partial charge < -0.3 is 26.1 Å². The molecule has 8 heteroatoms. The molecule has 4 rings (SSSR count). The number of nitrogens with zero attached hydrogens (tertiary/aromatic N) is 4. The fourth-order valence-corrected chi connectivity index (χ4v) is 5.26. The lowest BCUT2D eigenvalue weighted by atomic mass is 9.79. The quantitative estimate of drug-likeness (QED) is 0.352. The Bertz CT molecular complexity index is 1290. The Morgan fingerprint density at radius 2 is 1.77 bits per heavy atom. The van der Waals surface area contributed by atoms with Crippen molar-refractivity contribution in [1.82, 2.24) is 19.6 Å². The van der Waals surface area contributed by atoms with Crippen LogP contribution < -0.4 is 16.8 Å². The minimum absolute atomic E-state index is 0.0181. The fourth-order valence-electron chi connectivity index (χ4n) is 5.26. The summed E-state index contributed by atoms with van der Waals surface area (Å²) < 4.78 is 1.93. The molecule has 0 amide bonds. The maximum absolute atomic E-state index is 11.7. The second-order valence-electron chi connectivity index (χ2n) is 10.7. The van der Waals surface area contributed by atoms with E-state index in [0.717, 1.165) is 29.6 Å². The highest BCUT2D eigenvalue weighted by Crippen LogP contribution is 2.33. The summed E-state index contributed by atoms with van der Waals surface area (Å²) in [5.74, 6) is 0.622. The van der Waals surface area contributed by atoms with E-state index in [4.69, 9.17) is 11.5 Å². The highest BCUT2D eigenvalue weighted by molar-refractivity contribution is 5.79. The molecule has 1 aromatic carbocycles. The summed E-state index contributed by atoms with van der Waals surface area (Å²) >= 11 is 0. The average Bonchev–Trinajstić information content (AvgIpc) is 3.27. The molecular weight excluding hydrogens is 438 g/mol. The lowest BCUT2D eigenvalue weighted by molar-refractivity contribution is 0.0981. The number of piperidine rings is 1. The molecule has 1 fully saturated rings. The van der Waals surface area contributed by atoms with E-state index in [-0.39, 0.29) is 16.8 Å². The Balaban J connectivity index is 1.56. The van der Waals surface area contributed by atoms with E-state index in [1.165, 1.54) is 0 Å². The largest absolute Gasteiger partial charge is 0.398 e. The van der Waals surface area contributed by atoms with Crippen LogP contribution in [0.25, 0.3) is 22.5 Å². The predicted molar refractivity (Wildman–Crippen MR) is 143 cm³/mol. The van der Waals surface area contributed by atoms with Gasteiger partial charge in [-0.3, -0.25) is 0 Å². The minimum atomic E-state index is 0.0181. The van der Waals surface area contributed by atoms with E-state index in [9.17, 15) is 4.91 Å². The Kier molecular flexibility index (Phi) is 6.42. The summed E-state index contributed by atoms with van der Waals surface area (Å²) in [5.41, 5.74) is 16.7. The summed E-state index contributed by atoms with van der Waals surface area (Å²) in [7, 11) is 2.02. The van der Waals surface area contributed by atoms with Crippen molar-refractivity contribution in [2.45, 2.75) is 57.7 Å². The van der Waals surface area contributed by atoms with Crippen LogP contribution in [0.3, 0.4) is 0 Å². The van der Waals surface area contributed by atoms with Crippen LogP contribution in [0.5, 0.6) is 0 Å². The van der Waals surface area contributed by atoms with E-state index in [1.54, 1.807) is 24.4 Å². The zero-order valence-corrected chi connectivity index (χ0v) is 21.1. The highest BCUT2D eigenvalue weighted by atomic mass is 16.3. The van der Waals surface area contributed by atoms with Crippen molar-refractivity contribution in [3.8, 4) is 11.1 Å². The third-order valence-corrected chi connectivity index (χ3v) is 6.70. The molecule has 0 saturated carbocycles. The van der Waals surface area contributed by atoms with Crippen LogP contribution >= 0.6 is 0 Å². The van der Waals surface area contributed by atoms with Crippen molar-refractivity contribution in [3.05, 3.63) is 77.4 Å². The Hall–Kier alpha value is -3.65. The van der Waals surface area contributed by atoms with Gasteiger partial charge in [-0.05, 0) is 93.3 Å². The molecule has 0 atom stereocenters. The number of aromatic nitrogens is 2. The number of allylic oxidation sites excluding steroid dienone is 2. The average molecular weight is 474 g/mol. The van der Waals surface area contributed by atoms with Gasteiger partial charge in [0.15, 0.2) is 0 Å². The molecule has 3 heterocycles. The third-order valence-electron chi connectivity index (χ3n) is 6.70. The highest BCUT2D eigenvalue weighted by Gasteiger charge is 2.39.